The van der Waals surface area contributed by atoms with Crippen molar-refractivity contribution in [2.75, 3.05) is 6.61 Å². The predicted molar refractivity (Wildman–Crippen MR) is 79.0 cm³/mol. The molecule has 2 atom stereocenters. The standard InChI is InChI=1S/C17H20O4/c1-10-7-11(2)16(12(3)8-10)17-15(19)6-5-14(21-17)9-20-13(4)18/h5-8,14,17H,9H2,1-4H3/t14-,17-/m0/s1. The van der Waals surface area contributed by atoms with Gasteiger partial charge in [-0.15, -0.1) is 0 Å². The van der Waals surface area contributed by atoms with Crippen molar-refractivity contribution < 1.29 is 19.1 Å². The maximum Gasteiger partial charge on any atom is 0.302 e. The number of aryl methyl sites for hydroxylation is 3. The van der Waals surface area contributed by atoms with E-state index in [-0.39, 0.29) is 18.4 Å². The normalized spacial score (nSPS) is 21.4. The summed E-state index contributed by atoms with van der Waals surface area (Å²) >= 11 is 0. The molecule has 4 heteroatoms. The van der Waals surface area contributed by atoms with E-state index in [4.69, 9.17) is 9.47 Å². The summed E-state index contributed by atoms with van der Waals surface area (Å²) < 4.78 is 10.8. The Bertz CT molecular complexity index is 578. The van der Waals surface area contributed by atoms with Gasteiger partial charge in [-0.3, -0.25) is 9.59 Å². The topological polar surface area (TPSA) is 52.6 Å². The lowest BCUT2D eigenvalue weighted by Crippen LogP contribution is -2.30. The Hall–Kier alpha value is -1.94. The zero-order valence-electron chi connectivity index (χ0n) is 12.8. The van der Waals surface area contributed by atoms with Crippen LogP contribution in [0, 0.1) is 20.8 Å². The number of rotatable bonds is 3. The Balaban J connectivity index is 2.25. The minimum atomic E-state index is -0.629. The molecule has 0 aliphatic carbocycles. The van der Waals surface area contributed by atoms with E-state index < -0.39 is 12.2 Å². The van der Waals surface area contributed by atoms with Crippen LogP contribution in [-0.2, 0) is 19.1 Å². The van der Waals surface area contributed by atoms with Crippen LogP contribution >= 0.6 is 0 Å². The largest absolute Gasteiger partial charge is 0.463 e. The van der Waals surface area contributed by atoms with Gasteiger partial charge in [-0.05, 0) is 49.6 Å². The van der Waals surface area contributed by atoms with E-state index in [1.807, 2.05) is 32.9 Å². The molecule has 1 aliphatic heterocycles. The van der Waals surface area contributed by atoms with Crippen LogP contribution in [0.25, 0.3) is 0 Å². The summed E-state index contributed by atoms with van der Waals surface area (Å²) in [4.78, 5) is 23.0. The van der Waals surface area contributed by atoms with E-state index in [2.05, 4.69) is 0 Å². The second-order valence-electron chi connectivity index (χ2n) is 5.43. The minimum Gasteiger partial charge on any atom is -0.463 e. The van der Waals surface area contributed by atoms with Crippen LogP contribution in [0.5, 0.6) is 0 Å². The highest BCUT2D eigenvalue weighted by Gasteiger charge is 2.29. The molecule has 1 aromatic rings. The minimum absolute atomic E-state index is 0.0795. The molecule has 0 saturated carbocycles. The molecular formula is C17H20O4. The average Bonchev–Trinajstić information content (AvgIpc) is 2.38. The summed E-state index contributed by atoms with van der Waals surface area (Å²) in [5, 5.41) is 0. The molecule has 2 rings (SSSR count). The lowest BCUT2D eigenvalue weighted by atomic mass is 9.92. The molecular weight excluding hydrogens is 268 g/mol. The lowest BCUT2D eigenvalue weighted by molar-refractivity contribution is -0.147. The fourth-order valence-corrected chi connectivity index (χ4v) is 2.69. The molecule has 0 bridgehead atoms. The van der Waals surface area contributed by atoms with Gasteiger partial charge in [-0.1, -0.05) is 17.7 Å². The first-order chi connectivity index (χ1) is 9.88. The number of benzene rings is 1. The molecule has 0 aromatic heterocycles. The van der Waals surface area contributed by atoms with Crippen molar-refractivity contribution in [3.8, 4) is 0 Å². The third-order valence-corrected chi connectivity index (χ3v) is 3.50. The highest BCUT2D eigenvalue weighted by atomic mass is 16.6. The van der Waals surface area contributed by atoms with Crippen molar-refractivity contribution in [1.29, 1.82) is 0 Å². The summed E-state index contributed by atoms with van der Waals surface area (Å²) in [6, 6.07) is 4.08. The lowest BCUT2D eigenvalue weighted by Gasteiger charge is -2.27. The van der Waals surface area contributed by atoms with Crippen molar-refractivity contribution in [3.63, 3.8) is 0 Å². The Morgan fingerprint density at radius 3 is 2.43 bits per heavy atom. The monoisotopic (exact) mass is 288 g/mol. The second kappa shape index (κ2) is 6.22. The Morgan fingerprint density at radius 2 is 1.86 bits per heavy atom. The third kappa shape index (κ3) is 3.58. The van der Waals surface area contributed by atoms with Gasteiger partial charge in [0.25, 0.3) is 0 Å². The van der Waals surface area contributed by atoms with Gasteiger partial charge in [0, 0.05) is 6.92 Å². The summed E-state index contributed by atoms with van der Waals surface area (Å²) in [5.41, 5.74) is 4.13. The molecule has 0 unspecified atom stereocenters. The van der Waals surface area contributed by atoms with Gasteiger partial charge in [-0.2, -0.15) is 0 Å². The van der Waals surface area contributed by atoms with Crippen molar-refractivity contribution in [2.24, 2.45) is 0 Å². The first kappa shape index (κ1) is 15.4. The molecule has 21 heavy (non-hydrogen) atoms. The molecule has 1 heterocycles. The molecule has 0 saturated heterocycles. The number of ether oxygens (including phenoxy) is 2. The summed E-state index contributed by atoms with van der Waals surface area (Å²) in [6.07, 6.45) is 2.13. The average molecular weight is 288 g/mol. The zero-order chi connectivity index (χ0) is 15.6. The number of hydrogen-bond acceptors (Lipinski definition) is 4. The van der Waals surface area contributed by atoms with Crippen molar-refractivity contribution in [2.45, 2.75) is 39.9 Å². The van der Waals surface area contributed by atoms with Gasteiger partial charge in [0.05, 0.1) is 0 Å². The van der Waals surface area contributed by atoms with Crippen LogP contribution in [0.2, 0.25) is 0 Å². The Labute approximate surface area is 124 Å². The van der Waals surface area contributed by atoms with Crippen molar-refractivity contribution >= 4 is 11.8 Å². The SMILES string of the molecule is CC(=O)OC[C@@H]1C=CC(=O)[C@@H](c2c(C)cc(C)cc2C)O1. The van der Waals surface area contributed by atoms with Gasteiger partial charge < -0.3 is 9.47 Å². The maximum absolute atomic E-state index is 12.1. The summed E-state index contributed by atoms with van der Waals surface area (Å²) in [6.45, 7) is 7.45. The summed E-state index contributed by atoms with van der Waals surface area (Å²) in [7, 11) is 0. The molecule has 0 fully saturated rings. The molecule has 1 aliphatic rings. The smallest absolute Gasteiger partial charge is 0.302 e. The third-order valence-electron chi connectivity index (χ3n) is 3.50. The van der Waals surface area contributed by atoms with Crippen LogP contribution in [0.1, 0.15) is 35.3 Å². The van der Waals surface area contributed by atoms with Crippen LogP contribution < -0.4 is 0 Å². The Morgan fingerprint density at radius 1 is 1.24 bits per heavy atom. The van der Waals surface area contributed by atoms with E-state index in [0.717, 1.165) is 22.3 Å². The van der Waals surface area contributed by atoms with Crippen molar-refractivity contribution in [3.05, 3.63) is 46.5 Å². The number of carbonyl (C=O) groups excluding carboxylic acids is 2. The van der Waals surface area contributed by atoms with Crippen LogP contribution in [-0.4, -0.2) is 24.5 Å². The molecule has 0 radical (unpaired) electrons. The fraction of sp³-hybridized carbons (Fsp3) is 0.412. The Kier molecular flexibility index (Phi) is 4.58. The van der Waals surface area contributed by atoms with E-state index in [0.29, 0.717) is 0 Å². The first-order valence-corrected chi connectivity index (χ1v) is 6.97. The number of carbonyl (C=O) groups is 2. The number of ketones is 1. The highest BCUT2D eigenvalue weighted by molar-refractivity contribution is 5.95. The van der Waals surface area contributed by atoms with Crippen LogP contribution in [0.4, 0.5) is 0 Å². The second-order valence-corrected chi connectivity index (χ2v) is 5.43. The van der Waals surface area contributed by atoms with E-state index in [9.17, 15) is 9.59 Å². The fourth-order valence-electron chi connectivity index (χ4n) is 2.69. The predicted octanol–water partition coefficient (Wildman–Crippen LogP) is 2.74. The van der Waals surface area contributed by atoms with E-state index in [1.54, 1.807) is 6.08 Å². The highest BCUT2D eigenvalue weighted by Crippen LogP contribution is 2.30. The van der Waals surface area contributed by atoms with E-state index in [1.165, 1.54) is 13.0 Å². The zero-order valence-corrected chi connectivity index (χ0v) is 12.8. The van der Waals surface area contributed by atoms with Gasteiger partial charge in [0.2, 0.25) is 0 Å². The van der Waals surface area contributed by atoms with E-state index >= 15 is 0 Å². The first-order valence-electron chi connectivity index (χ1n) is 6.97. The van der Waals surface area contributed by atoms with Gasteiger partial charge >= 0.3 is 5.97 Å². The molecule has 0 N–H and O–H groups in total. The molecule has 4 nitrogen and oxygen atoms in total. The molecule has 1 aromatic carbocycles. The molecule has 0 amide bonds. The number of esters is 1. The van der Waals surface area contributed by atoms with Crippen LogP contribution in [0.3, 0.4) is 0 Å². The van der Waals surface area contributed by atoms with Crippen molar-refractivity contribution in [1.82, 2.24) is 0 Å². The van der Waals surface area contributed by atoms with Gasteiger partial charge in [0.1, 0.15) is 18.8 Å². The van der Waals surface area contributed by atoms with Crippen LogP contribution in [0.15, 0.2) is 24.3 Å². The van der Waals surface area contributed by atoms with Gasteiger partial charge in [0.15, 0.2) is 5.78 Å². The molecule has 112 valence electrons. The summed E-state index contributed by atoms with van der Waals surface area (Å²) in [5.74, 6) is -0.438. The van der Waals surface area contributed by atoms with Gasteiger partial charge in [-0.25, -0.2) is 0 Å². The number of hydrogen-bond donors (Lipinski definition) is 0. The quantitative estimate of drug-likeness (QED) is 0.803. The molecule has 0 spiro atoms. The maximum atomic E-state index is 12.1.